The second-order valence-electron chi connectivity index (χ2n) is 10.4. The van der Waals surface area contributed by atoms with Crippen LogP contribution in [0.25, 0.3) is 0 Å². The Morgan fingerprint density at radius 2 is 1.81 bits per heavy atom. The van der Waals surface area contributed by atoms with Crippen LogP contribution in [0.15, 0.2) is 48.7 Å². The average molecular weight is 424 g/mol. The lowest BCUT2D eigenvalue weighted by Crippen LogP contribution is -2.69. The number of rotatable bonds is 3. The Hall–Kier alpha value is -1.66. The summed E-state index contributed by atoms with van der Waals surface area (Å²) in [5.41, 5.74) is 2.01. The van der Waals surface area contributed by atoms with Crippen LogP contribution in [0.1, 0.15) is 63.8 Å². The summed E-state index contributed by atoms with van der Waals surface area (Å²) in [7, 11) is 0. The largest absolute Gasteiger partial charge is 0.345 e. The van der Waals surface area contributed by atoms with Crippen LogP contribution in [-0.4, -0.2) is 22.2 Å². The van der Waals surface area contributed by atoms with E-state index in [1.54, 1.807) is 0 Å². The summed E-state index contributed by atoms with van der Waals surface area (Å²) in [4.78, 5) is 12.2. The number of hydrogen-bond acceptors (Lipinski definition) is 4. The van der Waals surface area contributed by atoms with Gasteiger partial charge in [-0.25, -0.2) is 9.78 Å². The van der Waals surface area contributed by atoms with Crippen molar-refractivity contribution in [2.75, 3.05) is 0 Å². The summed E-state index contributed by atoms with van der Waals surface area (Å²) in [5.74, 6) is 0.917. The minimum absolute atomic E-state index is 0.0278. The first-order chi connectivity index (χ1) is 15.0. The lowest BCUT2D eigenvalue weighted by molar-refractivity contribution is -0.571. The quantitative estimate of drug-likeness (QED) is 0.615. The highest BCUT2D eigenvalue weighted by Gasteiger charge is 2.69. The molecule has 0 unspecified atom stereocenters. The van der Waals surface area contributed by atoms with Crippen molar-refractivity contribution in [2.24, 2.45) is 23.7 Å². The van der Waals surface area contributed by atoms with Crippen LogP contribution in [0.2, 0.25) is 0 Å². The lowest BCUT2D eigenvalue weighted by atomic mass is 9.57. The molecule has 4 aliphatic heterocycles. The third-order valence-corrected chi connectivity index (χ3v) is 8.51. The first kappa shape index (κ1) is 20.0. The van der Waals surface area contributed by atoms with Crippen LogP contribution in [0, 0.1) is 23.7 Å². The van der Waals surface area contributed by atoms with Crippen LogP contribution >= 0.6 is 0 Å². The van der Waals surface area contributed by atoms with Crippen LogP contribution in [0.3, 0.4) is 0 Å². The number of nitrogens with zero attached hydrogens (tertiary/aromatic N) is 1. The molecule has 166 valence electrons. The van der Waals surface area contributed by atoms with Gasteiger partial charge in [0, 0.05) is 30.8 Å². The third-order valence-electron chi connectivity index (χ3n) is 8.51. The van der Waals surface area contributed by atoms with Crippen LogP contribution in [0.4, 0.5) is 0 Å². The van der Waals surface area contributed by atoms with Gasteiger partial charge in [-0.2, -0.15) is 0 Å². The number of hydrogen-bond donors (Lipinski definition) is 0. The number of ether oxygens (including phenoxy) is 2. The van der Waals surface area contributed by atoms with E-state index in [1.807, 2.05) is 6.92 Å². The van der Waals surface area contributed by atoms with E-state index in [0.717, 1.165) is 25.8 Å². The molecule has 5 fully saturated rings. The van der Waals surface area contributed by atoms with Crippen molar-refractivity contribution in [2.45, 2.75) is 76.8 Å². The van der Waals surface area contributed by atoms with Gasteiger partial charge in [0.1, 0.15) is 6.10 Å². The van der Waals surface area contributed by atoms with Crippen molar-refractivity contribution < 1.29 is 19.2 Å². The van der Waals surface area contributed by atoms with Gasteiger partial charge in [0.05, 0.1) is 0 Å². The number of aromatic nitrogens is 1. The molecule has 2 aromatic rings. The van der Waals surface area contributed by atoms with Crippen molar-refractivity contribution in [3.8, 4) is 0 Å². The Kier molecular flexibility index (Phi) is 4.62. The summed E-state index contributed by atoms with van der Waals surface area (Å²) in [6.07, 6.45) is 6.00. The highest BCUT2D eigenvalue weighted by atomic mass is 17.3. The summed E-state index contributed by atoms with van der Waals surface area (Å²) < 4.78 is 15.7. The van der Waals surface area contributed by atoms with Gasteiger partial charge in [0.15, 0.2) is 11.9 Å². The first-order valence-electron chi connectivity index (χ1n) is 11.9. The standard InChI is InChI=1S/C26H33NO4/c1-17-11-12-21-18(2)23(22-10-7-15-27(22)16-19-8-5-4-6-9-19)28-24-26(21)20(17)13-14-25(3,29-24)30-31-26/h4-10,15,17-18,20-21,23-24H,11-14,16H2,1-3H3/t17-,18-,20+,21+,23-,24-,25-,26-/m1/s1. The third kappa shape index (κ3) is 2.97. The number of benzene rings is 1. The maximum absolute atomic E-state index is 6.83. The predicted molar refractivity (Wildman–Crippen MR) is 116 cm³/mol. The molecule has 5 nitrogen and oxygen atoms in total. The zero-order chi connectivity index (χ0) is 21.2. The Morgan fingerprint density at radius 1 is 0.968 bits per heavy atom. The zero-order valence-electron chi connectivity index (χ0n) is 18.7. The van der Waals surface area contributed by atoms with E-state index in [-0.39, 0.29) is 6.10 Å². The van der Waals surface area contributed by atoms with E-state index in [4.69, 9.17) is 19.2 Å². The minimum atomic E-state index is -0.727. The molecule has 1 aromatic carbocycles. The number of fused-ring (bicyclic) bond motifs is 2. The van der Waals surface area contributed by atoms with Gasteiger partial charge in [-0.1, -0.05) is 44.2 Å². The molecular formula is C26H33NO4. The fourth-order valence-electron chi connectivity index (χ4n) is 6.85. The predicted octanol–water partition coefficient (Wildman–Crippen LogP) is 5.46. The van der Waals surface area contributed by atoms with Crippen molar-refractivity contribution >= 4 is 0 Å². The van der Waals surface area contributed by atoms with Gasteiger partial charge in [0.2, 0.25) is 5.79 Å². The highest BCUT2D eigenvalue weighted by molar-refractivity contribution is 5.21. The molecule has 31 heavy (non-hydrogen) atoms. The molecule has 5 heteroatoms. The molecule has 0 N–H and O–H groups in total. The van der Waals surface area contributed by atoms with E-state index in [1.165, 1.54) is 17.7 Å². The summed E-state index contributed by atoms with van der Waals surface area (Å²) in [5, 5.41) is 0. The molecule has 5 aliphatic rings. The monoisotopic (exact) mass is 423 g/mol. The maximum atomic E-state index is 6.83. The first-order valence-corrected chi connectivity index (χ1v) is 11.9. The second-order valence-corrected chi connectivity index (χ2v) is 10.4. The molecule has 1 saturated carbocycles. The fraction of sp³-hybridized carbons (Fsp3) is 0.615. The summed E-state index contributed by atoms with van der Waals surface area (Å²) >= 11 is 0. The van der Waals surface area contributed by atoms with Crippen LogP contribution in [0.5, 0.6) is 0 Å². The molecule has 5 heterocycles. The van der Waals surface area contributed by atoms with E-state index in [9.17, 15) is 0 Å². The van der Waals surface area contributed by atoms with Crippen molar-refractivity contribution in [1.29, 1.82) is 0 Å². The molecule has 1 aromatic heterocycles. The van der Waals surface area contributed by atoms with Gasteiger partial charge < -0.3 is 14.0 Å². The molecule has 0 radical (unpaired) electrons. The van der Waals surface area contributed by atoms with Crippen molar-refractivity contribution in [3.05, 3.63) is 59.9 Å². The molecule has 2 bridgehead atoms. The summed E-state index contributed by atoms with van der Waals surface area (Å²) in [6, 6.07) is 14.9. The molecular weight excluding hydrogens is 390 g/mol. The van der Waals surface area contributed by atoms with E-state index in [2.05, 4.69) is 67.1 Å². The van der Waals surface area contributed by atoms with E-state index in [0.29, 0.717) is 23.7 Å². The molecule has 8 atom stereocenters. The lowest BCUT2D eigenvalue weighted by Gasteiger charge is -2.60. The topological polar surface area (TPSA) is 41.9 Å². The smallest absolute Gasteiger partial charge is 0.201 e. The van der Waals surface area contributed by atoms with Gasteiger partial charge in [-0.15, -0.1) is 0 Å². The van der Waals surface area contributed by atoms with E-state index >= 15 is 0 Å². The fourth-order valence-corrected chi connectivity index (χ4v) is 6.85. The average Bonchev–Trinajstić information content (AvgIpc) is 3.09. The van der Waals surface area contributed by atoms with Gasteiger partial charge in [-0.05, 0) is 61.6 Å². The Bertz CT molecular complexity index is 944. The van der Waals surface area contributed by atoms with Crippen molar-refractivity contribution in [1.82, 2.24) is 4.57 Å². The molecule has 1 spiro atoms. The highest BCUT2D eigenvalue weighted by Crippen LogP contribution is 2.62. The van der Waals surface area contributed by atoms with Crippen LogP contribution < -0.4 is 0 Å². The van der Waals surface area contributed by atoms with Gasteiger partial charge >= 0.3 is 0 Å². The molecule has 4 saturated heterocycles. The van der Waals surface area contributed by atoms with Crippen LogP contribution in [-0.2, 0) is 25.8 Å². The normalized spacial score (nSPS) is 44.0. The van der Waals surface area contributed by atoms with Gasteiger partial charge in [-0.3, -0.25) is 0 Å². The van der Waals surface area contributed by atoms with E-state index < -0.39 is 17.7 Å². The molecule has 7 rings (SSSR count). The Labute approximate surface area is 184 Å². The Morgan fingerprint density at radius 3 is 2.65 bits per heavy atom. The second kappa shape index (κ2) is 7.17. The van der Waals surface area contributed by atoms with Gasteiger partial charge in [0.25, 0.3) is 0 Å². The SMILES string of the molecule is C[C@H]1[C@H](c2cccn2Cc2ccccc2)O[C@@H]2O[C@@]3(C)CC[C@H]4[C@H](C)CC[C@@H]1[C@@]24OO3. The minimum Gasteiger partial charge on any atom is -0.345 e. The molecule has 0 amide bonds. The molecule has 1 aliphatic carbocycles. The maximum Gasteiger partial charge on any atom is 0.201 e. The zero-order valence-corrected chi connectivity index (χ0v) is 18.7. The summed E-state index contributed by atoms with van der Waals surface area (Å²) in [6.45, 7) is 7.52. The Balaban J connectivity index is 1.37. The van der Waals surface area contributed by atoms with Crippen molar-refractivity contribution in [3.63, 3.8) is 0 Å².